The molecule has 2 aliphatic rings. The van der Waals surface area contributed by atoms with Gasteiger partial charge in [-0.3, -0.25) is 0 Å². The molecule has 0 radical (unpaired) electrons. The lowest BCUT2D eigenvalue weighted by Crippen LogP contribution is -2.29. The fourth-order valence-electron chi connectivity index (χ4n) is 3.24. The molecule has 0 aromatic heterocycles. The van der Waals surface area contributed by atoms with Crippen LogP contribution in [0.15, 0.2) is 18.2 Å². The van der Waals surface area contributed by atoms with Gasteiger partial charge in [0.05, 0.1) is 0 Å². The van der Waals surface area contributed by atoms with E-state index in [0.717, 1.165) is 31.2 Å². The number of rotatable bonds is 5. The molecule has 0 spiro atoms. The molecule has 1 atom stereocenters. The van der Waals surface area contributed by atoms with E-state index in [1.165, 1.54) is 19.3 Å². The fraction of sp³-hybridized carbons (Fsp3) is 0.588. The molecule has 3 nitrogen and oxygen atoms in total. The van der Waals surface area contributed by atoms with Crippen LogP contribution in [0.5, 0.6) is 5.75 Å². The summed E-state index contributed by atoms with van der Waals surface area (Å²) in [5.74, 6) is 0.464. The second kappa shape index (κ2) is 6.27. The zero-order valence-corrected chi connectivity index (χ0v) is 12.8. The van der Waals surface area contributed by atoms with Gasteiger partial charge in [0, 0.05) is 10.9 Å². The number of benzene rings is 1. The second-order valence-corrected chi connectivity index (χ2v) is 6.67. The van der Waals surface area contributed by atoms with Crippen molar-refractivity contribution >= 4 is 17.6 Å². The lowest BCUT2D eigenvalue weighted by molar-refractivity contribution is -0.146. The summed E-state index contributed by atoms with van der Waals surface area (Å²) < 4.78 is 5.88. The summed E-state index contributed by atoms with van der Waals surface area (Å²) in [6.45, 7) is 0. The van der Waals surface area contributed by atoms with Gasteiger partial charge in [0.25, 0.3) is 0 Å². The molecule has 114 valence electrons. The van der Waals surface area contributed by atoms with E-state index >= 15 is 0 Å². The highest BCUT2D eigenvalue weighted by Gasteiger charge is 2.38. The van der Waals surface area contributed by atoms with Crippen LogP contribution in [0.2, 0.25) is 5.02 Å². The number of carboxylic acid groups (broad SMARTS) is 1. The van der Waals surface area contributed by atoms with Crippen LogP contribution in [0.25, 0.3) is 0 Å². The van der Waals surface area contributed by atoms with E-state index < -0.39 is 12.1 Å². The van der Waals surface area contributed by atoms with E-state index in [1.807, 2.05) is 12.1 Å². The summed E-state index contributed by atoms with van der Waals surface area (Å²) in [6.07, 6.45) is 7.19. The normalized spacial score (nSPS) is 21.0. The van der Waals surface area contributed by atoms with Gasteiger partial charge in [-0.1, -0.05) is 30.9 Å². The molecule has 0 bridgehead atoms. The quantitative estimate of drug-likeness (QED) is 0.862. The largest absolute Gasteiger partial charge is 0.478 e. The molecule has 0 aliphatic heterocycles. The number of ether oxygens (including phenoxy) is 1. The zero-order valence-electron chi connectivity index (χ0n) is 12.1. The van der Waals surface area contributed by atoms with Crippen LogP contribution in [0.4, 0.5) is 0 Å². The maximum Gasteiger partial charge on any atom is 0.345 e. The summed E-state index contributed by atoms with van der Waals surface area (Å²) in [7, 11) is 0. The van der Waals surface area contributed by atoms with Gasteiger partial charge in [-0.2, -0.15) is 0 Å². The van der Waals surface area contributed by atoms with Crippen molar-refractivity contribution in [2.75, 3.05) is 0 Å². The molecule has 0 amide bonds. The second-order valence-electron chi connectivity index (χ2n) is 6.23. The predicted molar refractivity (Wildman–Crippen MR) is 82.1 cm³/mol. The molecule has 2 saturated carbocycles. The number of carboxylic acids is 1. The summed E-state index contributed by atoms with van der Waals surface area (Å²) in [5.41, 5.74) is 1.09. The molecule has 4 heteroatoms. The summed E-state index contributed by atoms with van der Waals surface area (Å²) >= 11 is 6.14. The van der Waals surface area contributed by atoms with E-state index in [1.54, 1.807) is 6.07 Å². The van der Waals surface area contributed by atoms with Crippen molar-refractivity contribution < 1.29 is 14.6 Å². The first-order valence-electron chi connectivity index (χ1n) is 7.84. The van der Waals surface area contributed by atoms with Gasteiger partial charge in [-0.25, -0.2) is 4.79 Å². The van der Waals surface area contributed by atoms with Crippen LogP contribution in [-0.2, 0) is 4.79 Å². The third-order valence-electron chi connectivity index (χ3n) is 4.56. The van der Waals surface area contributed by atoms with E-state index in [-0.39, 0.29) is 5.92 Å². The lowest BCUT2D eigenvalue weighted by Gasteiger charge is -2.25. The van der Waals surface area contributed by atoms with Crippen LogP contribution in [0, 0.1) is 5.92 Å². The van der Waals surface area contributed by atoms with Crippen molar-refractivity contribution in [2.24, 2.45) is 5.92 Å². The zero-order chi connectivity index (χ0) is 14.8. The molecular weight excluding hydrogens is 288 g/mol. The van der Waals surface area contributed by atoms with Gasteiger partial charge in [-0.05, 0) is 55.4 Å². The minimum Gasteiger partial charge on any atom is -0.478 e. The van der Waals surface area contributed by atoms with Crippen LogP contribution in [0.3, 0.4) is 0 Å². The van der Waals surface area contributed by atoms with Crippen LogP contribution in [-0.4, -0.2) is 17.2 Å². The van der Waals surface area contributed by atoms with Crippen LogP contribution >= 0.6 is 11.6 Å². The average Bonchev–Trinajstić information content (AvgIpc) is 3.31. The average molecular weight is 309 g/mol. The molecule has 0 saturated heterocycles. The standard InChI is InChI=1S/C17H21ClO3/c18-13-8-9-15(21-16(17(19)20)12-6-7-12)14(10-13)11-4-2-1-3-5-11/h8-12,16H,1-7H2,(H,19,20). The van der Waals surface area contributed by atoms with Gasteiger partial charge in [0.15, 0.2) is 6.10 Å². The third kappa shape index (κ3) is 3.52. The number of halogens is 1. The molecule has 3 rings (SSSR count). The number of hydrogen-bond acceptors (Lipinski definition) is 2. The first kappa shape index (κ1) is 14.7. The van der Waals surface area contributed by atoms with Crippen LogP contribution < -0.4 is 4.74 Å². The van der Waals surface area contributed by atoms with Crippen molar-refractivity contribution in [3.05, 3.63) is 28.8 Å². The molecule has 1 unspecified atom stereocenters. The summed E-state index contributed by atoms with van der Waals surface area (Å²) in [6, 6.07) is 5.58. The Labute approximate surface area is 130 Å². The van der Waals surface area contributed by atoms with Crippen molar-refractivity contribution in [3.63, 3.8) is 0 Å². The smallest absolute Gasteiger partial charge is 0.345 e. The molecule has 2 fully saturated rings. The Hall–Kier alpha value is -1.22. The molecule has 1 aromatic rings. The minimum absolute atomic E-state index is 0.164. The first-order chi connectivity index (χ1) is 10.1. The molecule has 2 aliphatic carbocycles. The Balaban J connectivity index is 1.84. The van der Waals surface area contributed by atoms with Crippen LogP contribution in [0.1, 0.15) is 56.4 Å². The number of aliphatic carboxylic acids is 1. The first-order valence-corrected chi connectivity index (χ1v) is 8.22. The monoisotopic (exact) mass is 308 g/mol. The molecule has 1 aromatic carbocycles. The van der Waals surface area contributed by atoms with E-state index in [9.17, 15) is 9.90 Å². The van der Waals surface area contributed by atoms with Gasteiger partial charge in [0.1, 0.15) is 5.75 Å². The Morgan fingerprint density at radius 3 is 2.52 bits per heavy atom. The van der Waals surface area contributed by atoms with Crippen molar-refractivity contribution in [2.45, 2.75) is 57.0 Å². The van der Waals surface area contributed by atoms with E-state index in [2.05, 4.69) is 0 Å². The van der Waals surface area contributed by atoms with Gasteiger partial charge >= 0.3 is 5.97 Å². The van der Waals surface area contributed by atoms with Gasteiger partial charge in [-0.15, -0.1) is 0 Å². The molecule has 1 N–H and O–H groups in total. The lowest BCUT2D eigenvalue weighted by atomic mass is 9.83. The minimum atomic E-state index is -0.859. The number of carbonyl (C=O) groups is 1. The van der Waals surface area contributed by atoms with Gasteiger partial charge in [0.2, 0.25) is 0 Å². The Morgan fingerprint density at radius 1 is 1.19 bits per heavy atom. The van der Waals surface area contributed by atoms with Crippen molar-refractivity contribution in [1.29, 1.82) is 0 Å². The van der Waals surface area contributed by atoms with Gasteiger partial charge < -0.3 is 9.84 Å². The maximum atomic E-state index is 11.4. The summed E-state index contributed by atoms with van der Waals surface area (Å²) in [4.78, 5) is 11.4. The summed E-state index contributed by atoms with van der Waals surface area (Å²) in [5, 5.41) is 10.0. The predicted octanol–water partition coefficient (Wildman–Crippen LogP) is 4.63. The van der Waals surface area contributed by atoms with Crippen molar-refractivity contribution in [3.8, 4) is 5.75 Å². The van der Waals surface area contributed by atoms with E-state index in [4.69, 9.17) is 16.3 Å². The Morgan fingerprint density at radius 2 is 1.90 bits per heavy atom. The number of hydrogen-bond donors (Lipinski definition) is 1. The molecule has 21 heavy (non-hydrogen) atoms. The highest BCUT2D eigenvalue weighted by molar-refractivity contribution is 6.30. The SMILES string of the molecule is O=C(O)C(Oc1ccc(Cl)cc1C1CCCCC1)C1CC1. The third-order valence-corrected chi connectivity index (χ3v) is 4.80. The maximum absolute atomic E-state index is 11.4. The van der Waals surface area contributed by atoms with E-state index in [0.29, 0.717) is 16.7 Å². The highest BCUT2D eigenvalue weighted by Crippen LogP contribution is 2.41. The highest BCUT2D eigenvalue weighted by atomic mass is 35.5. The molecular formula is C17H21ClO3. The Kier molecular flexibility index (Phi) is 4.39. The topological polar surface area (TPSA) is 46.5 Å². The molecule has 0 heterocycles. The fourth-order valence-corrected chi connectivity index (χ4v) is 3.42. The van der Waals surface area contributed by atoms with Crippen molar-refractivity contribution in [1.82, 2.24) is 0 Å². The Bertz CT molecular complexity index is 519.